The second kappa shape index (κ2) is 9.05. The van der Waals surface area contributed by atoms with Gasteiger partial charge in [0.1, 0.15) is 5.76 Å². The molecule has 1 fully saturated rings. The fraction of sp³-hybridized carbons (Fsp3) is 0.421. The lowest BCUT2D eigenvalue weighted by atomic mass is 9.95. The molecule has 1 aliphatic heterocycles. The van der Waals surface area contributed by atoms with Crippen LogP contribution in [-0.4, -0.2) is 38.4 Å². The van der Waals surface area contributed by atoms with Crippen LogP contribution in [0.4, 0.5) is 4.79 Å². The van der Waals surface area contributed by atoms with E-state index in [2.05, 4.69) is 10.6 Å². The van der Waals surface area contributed by atoms with Crippen LogP contribution < -0.4 is 10.6 Å². The molecule has 0 aliphatic carbocycles. The molecule has 2 N–H and O–H groups in total. The summed E-state index contributed by atoms with van der Waals surface area (Å²) in [4.78, 5) is 12.1. The van der Waals surface area contributed by atoms with Crippen LogP contribution in [0.3, 0.4) is 0 Å². The highest BCUT2D eigenvalue weighted by molar-refractivity contribution is 7.89. The van der Waals surface area contributed by atoms with Crippen LogP contribution in [0.15, 0.2) is 58.0 Å². The van der Waals surface area contributed by atoms with Gasteiger partial charge in [0.2, 0.25) is 10.0 Å². The molecular formula is C19H25N3O4S. The maximum Gasteiger partial charge on any atom is 0.315 e. The standard InChI is InChI=1S/C19H25N3O4S/c23-19(21-15-17-5-4-14-26-17)20-11-8-16-9-12-22(13-10-16)27(24,25)18-6-2-1-3-7-18/h1-7,14,16H,8-13,15H2,(H2,20,21,23). The molecule has 0 atom stereocenters. The van der Waals surface area contributed by atoms with Crippen molar-refractivity contribution in [1.29, 1.82) is 0 Å². The first-order valence-corrected chi connectivity index (χ1v) is 10.6. The Hall–Kier alpha value is -2.32. The van der Waals surface area contributed by atoms with Crippen LogP contribution in [0.25, 0.3) is 0 Å². The second-order valence-electron chi connectivity index (χ2n) is 6.64. The van der Waals surface area contributed by atoms with Crippen molar-refractivity contribution in [3.63, 3.8) is 0 Å². The van der Waals surface area contributed by atoms with Crippen molar-refractivity contribution in [2.75, 3.05) is 19.6 Å². The first kappa shape index (κ1) is 19.4. The molecule has 0 saturated carbocycles. The highest BCUT2D eigenvalue weighted by Crippen LogP contribution is 2.25. The molecule has 0 bridgehead atoms. The Morgan fingerprint density at radius 3 is 2.48 bits per heavy atom. The van der Waals surface area contributed by atoms with E-state index in [0.29, 0.717) is 42.8 Å². The number of hydrogen-bond donors (Lipinski definition) is 2. The number of amides is 2. The number of furan rings is 1. The summed E-state index contributed by atoms with van der Waals surface area (Å²) in [6.07, 6.45) is 4.02. The summed E-state index contributed by atoms with van der Waals surface area (Å²) in [5.41, 5.74) is 0. The molecule has 1 aromatic heterocycles. The quantitative estimate of drug-likeness (QED) is 0.759. The molecule has 3 rings (SSSR count). The molecule has 27 heavy (non-hydrogen) atoms. The van der Waals surface area contributed by atoms with Crippen molar-refractivity contribution in [3.05, 3.63) is 54.5 Å². The van der Waals surface area contributed by atoms with E-state index in [1.54, 1.807) is 47.0 Å². The maximum absolute atomic E-state index is 12.6. The Morgan fingerprint density at radius 1 is 1.07 bits per heavy atom. The lowest BCUT2D eigenvalue weighted by molar-refractivity contribution is 0.234. The number of carbonyl (C=O) groups excluding carboxylic acids is 1. The smallest absolute Gasteiger partial charge is 0.315 e. The Labute approximate surface area is 159 Å². The number of urea groups is 1. The maximum atomic E-state index is 12.6. The largest absolute Gasteiger partial charge is 0.467 e. The molecule has 0 unspecified atom stereocenters. The van der Waals surface area contributed by atoms with E-state index in [9.17, 15) is 13.2 Å². The van der Waals surface area contributed by atoms with Crippen LogP contribution in [0, 0.1) is 5.92 Å². The van der Waals surface area contributed by atoms with Crippen molar-refractivity contribution >= 4 is 16.1 Å². The first-order valence-electron chi connectivity index (χ1n) is 9.15. The Kier molecular flexibility index (Phi) is 6.52. The van der Waals surface area contributed by atoms with E-state index >= 15 is 0 Å². The van der Waals surface area contributed by atoms with Crippen molar-refractivity contribution in [3.8, 4) is 0 Å². The molecule has 2 heterocycles. The molecule has 2 amide bonds. The molecule has 7 nitrogen and oxygen atoms in total. The van der Waals surface area contributed by atoms with Crippen molar-refractivity contribution in [2.24, 2.45) is 5.92 Å². The fourth-order valence-corrected chi connectivity index (χ4v) is 4.70. The summed E-state index contributed by atoms with van der Waals surface area (Å²) in [6.45, 7) is 1.97. The average Bonchev–Trinajstić information content (AvgIpc) is 3.21. The summed E-state index contributed by atoms with van der Waals surface area (Å²) in [6, 6.07) is 11.9. The van der Waals surface area contributed by atoms with Crippen LogP contribution >= 0.6 is 0 Å². The van der Waals surface area contributed by atoms with Gasteiger partial charge in [-0.3, -0.25) is 0 Å². The van der Waals surface area contributed by atoms with E-state index in [0.717, 1.165) is 19.3 Å². The summed E-state index contributed by atoms with van der Waals surface area (Å²) in [5.74, 6) is 1.12. The number of nitrogens with zero attached hydrogens (tertiary/aromatic N) is 1. The number of nitrogens with one attached hydrogen (secondary N) is 2. The third-order valence-corrected chi connectivity index (χ3v) is 6.71. The zero-order valence-electron chi connectivity index (χ0n) is 15.1. The predicted molar refractivity (Wildman–Crippen MR) is 101 cm³/mol. The van der Waals surface area contributed by atoms with Gasteiger partial charge in [-0.05, 0) is 49.4 Å². The lowest BCUT2D eigenvalue weighted by Crippen LogP contribution is -2.40. The monoisotopic (exact) mass is 391 g/mol. The lowest BCUT2D eigenvalue weighted by Gasteiger charge is -2.31. The van der Waals surface area contributed by atoms with Crippen LogP contribution in [0.1, 0.15) is 25.0 Å². The second-order valence-corrected chi connectivity index (χ2v) is 8.58. The van der Waals surface area contributed by atoms with Gasteiger partial charge in [-0.2, -0.15) is 4.31 Å². The van der Waals surface area contributed by atoms with Gasteiger partial charge in [0.15, 0.2) is 0 Å². The number of carbonyl (C=O) groups is 1. The number of piperidine rings is 1. The minimum atomic E-state index is -3.40. The summed E-state index contributed by atoms with van der Waals surface area (Å²) in [7, 11) is -3.40. The van der Waals surface area contributed by atoms with E-state index in [1.165, 1.54) is 0 Å². The topological polar surface area (TPSA) is 91.7 Å². The average molecular weight is 391 g/mol. The van der Waals surface area contributed by atoms with Crippen molar-refractivity contribution in [1.82, 2.24) is 14.9 Å². The minimum absolute atomic E-state index is 0.226. The summed E-state index contributed by atoms with van der Waals surface area (Å²) < 4.78 is 32.0. The van der Waals surface area contributed by atoms with E-state index < -0.39 is 10.0 Å². The molecule has 1 aromatic carbocycles. The van der Waals surface area contributed by atoms with E-state index in [-0.39, 0.29) is 6.03 Å². The fourth-order valence-electron chi connectivity index (χ4n) is 3.21. The van der Waals surface area contributed by atoms with Gasteiger partial charge in [-0.25, -0.2) is 13.2 Å². The van der Waals surface area contributed by atoms with Crippen LogP contribution in [0.5, 0.6) is 0 Å². The van der Waals surface area contributed by atoms with Gasteiger partial charge in [0.05, 0.1) is 17.7 Å². The molecule has 0 radical (unpaired) electrons. The number of hydrogen-bond acceptors (Lipinski definition) is 4. The zero-order chi connectivity index (χ0) is 19.1. The molecule has 1 saturated heterocycles. The van der Waals surface area contributed by atoms with Crippen LogP contribution in [-0.2, 0) is 16.6 Å². The van der Waals surface area contributed by atoms with Gasteiger partial charge < -0.3 is 15.1 Å². The predicted octanol–water partition coefficient (Wildman–Crippen LogP) is 2.57. The minimum Gasteiger partial charge on any atom is -0.467 e. The third-order valence-electron chi connectivity index (χ3n) is 4.80. The SMILES string of the molecule is O=C(NCCC1CCN(S(=O)(=O)c2ccccc2)CC1)NCc1ccco1. The normalized spacial score (nSPS) is 16.1. The van der Waals surface area contributed by atoms with E-state index in [1.807, 2.05) is 6.07 Å². The zero-order valence-corrected chi connectivity index (χ0v) is 16.0. The third kappa shape index (κ3) is 5.33. The van der Waals surface area contributed by atoms with Gasteiger partial charge in [0.25, 0.3) is 0 Å². The van der Waals surface area contributed by atoms with Crippen LogP contribution in [0.2, 0.25) is 0 Å². The van der Waals surface area contributed by atoms with Crippen molar-refractivity contribution < 1.29 is 17.6 Å². The van der Waals surface area contributed by atoms with Gasteiger partial charge in [-0.15, -0.1) is 0 Å². The van der Waals surface area contributed by atoms with Gasteiger partial charge in [0, 0.05) is 19.6 Å². The Balaban J connectivity index is 1.36. The number of sulfonamides is 1. The molecule has 146 valence electrons. The summed E-state index contributed by atoms with van der Waals surface area (Å²) >= 11 is 0. The highest BCUT2D eigenvalue weighted by Gasteiger charge is 2.29. The highest BCUT2D eigenvalue weighted by atomic mass is 32.2. The van der Waals surface area contributed by atoms with Gasteiger partial charge in [-0.1, -0.05) is 18.2 Å². The molecule has 0 spiro atoms. The molecular weight excluding hydrogens is 366 g/mol. The Bertz CT molecular complexity index is 814. The Morgan fingerprint density at radius 2 is 1.81 bits per heavy atom. The molecule has 8 heteroatoms. The molecule has 2 aromatic rings. The first-order chi connectivity index (χ1) is 13.1. The number of benzene rings is 1. The van der Waals surface area contributed by atoms with Crippen molar-refractivity contribution in [2.45, 2.75) is 30.7 Å². The summed E-state index contributed by atoms with van der Waals surface area (Å²) in [5, 5.41) is 5.57. The van der Waals surface area contributed by atoms with Gasteiger partial charge >= 0.3 is 6.03 Å². The van der Waals surface area contributed by atoms with E-state index in [4.69, 9.17) is 4.42 Å². The number of rotatable bonds is 7. The molecule has 1 aliphatic rings.